The van der Waals surface area contributed by atoms with Crippen molar-refractivity contribution in [1.29, 1.82) is 5.26 Å². The summed E-state index contributed by atoms with van der Waals surface area (Å²) >= 11 is 6.32. The lowest BCUT2D eigenvalue weighted by molar-refractivity contribution is -0.0837. The number of hydrogen-bond acceptors (Lipinski definition) is 9. The SMILES string of the molecule is N#Cc1ccc(OC2CCCCC2N(C2CCN(NC(=O)c3cccnn3)CC2)C2(N)CCNCC2)cc1Cl. The third kappa shape index (κ3) is 6.51. The summed E-state index contributed by atoms with van der Waals surface area (Å²) in [6.07, 6.45) is 9.26. The maximum absolute atomic E-state index is 12.6. The molecule has 3 fully saturated rings. The lowest BCUT2D eigenvalue weighted by atomic mass is 9.83. The van der Waals surface area contributed by atoms with Crippen LogP contribution in [-0.2, 0) is 0 Å². The number of carbonyl (C=O) groups excluding carboxylic acids is 1. The Labute approximate surface area is 234 Å². The van der Waals surface area contributed by atoms with Gasteiger partial charge in [-0.2, -0.15) is 10.4 Å². The first-order valence-corrected chi connectivity index (χ1v) is 14.3. The van der Waals surface area contributed by atoms with Crippen LogP contribution < -0.4 is 21.2 Å². The van der Waals surface area contributed by atoms with Crippen molar-refractivity contribution in [3.05, 3.63) is 52.8 Å². The van der Waals surface area contributed by atoms with Gasteiger partial charge in [-0.25, -0.2) is 5.01 Å². The number of piperidine rings is 2. The molecule has 11 heteroatoms. The van der Waals surface area contributed by atoms with Crippen molar-refractivity contribution >= 4 is 17.5 Å². The molecule has 10 nitrogen and oxygen atoms in total. The predicted molar refractivity (Wildman–Crippen MR) is 148 cm³/mol. The van der Waals surface area contributed by atoms with Crippen LogP contribution in [0.15, 0.2) is 36.5 Å². The molecule has 2 atom stereocenters. The minimum absolute atomic E-state index is 0.0209. The van der Waals surface area contributed by atoms with Crippen LogP contribution in [0.1, 0.15) is 67.4 Å². The highest BCUT2D eigenvalue weighted by molar-refractivity contribution is 6.31. The van der Waals surface area contributed by atoms with Crippen LogP contribution >= 0.6 is 11.6 Å². The Kier molecular flexibility index (Phi) is 8.95. The van der Waals surface area contributed by atoms with Crippen molar-refractivity contribution in [2.24, 2.45) is 5.73 Å². The molecule has 1 aromatic carbocycles. The van der Waals surface area contributed by atoms with Crippen LogP contribution in [0.25, 0.3) is 0 Å². The van der Waals surface area contributed by atoms with E-state index in [4.69, 9.17) is 22.1 Å². The quantitative estimate of drug-likeness (QED) is 0.443. The van der Waals surface area contributed by atoms with E-state index in [0.29, 0.717) is 22.0 Å². The second-order valence-corrected chi connectivity index (χ2v) is 11.2. The first-order chi connectivity index (χ1) is 19.0. The number of ether oxygens (including phenoxy) is 1. The number of carbonyl (C=O) groups is 1. The third-order valence-corrected chi connectivity index (χ3v) is 8.59. The zero-order chi connectivity index (χ0) is 27.2. The van der Waals surface area contributed by atoms with E-state index in [0.717, 1.165) is 77.5 Å². The number of nitrogens with two attached hydrogens (primary N) is 1. The summed E-state index contributed by atoms with van der Waals surface area (Å²) in [7, 11) is 0. The van der Waals surface area contributed by atoms with E-state index in [1.165, 1.54) is 0 Å². The van der Waals surface area contributed by atoms with Gasteiger partial charge < -0.3 is 15.8 Å². The standard InChI is InChI=1S/C28H37ClN8O2/c29-23-18-22(8-7-20(23)19-30)39-26-6-2-1-5-25(26)37(28(31)11-14-32-15-12-28)21-9-16-36(17-10-21)35-27(38)24-4-3-13-33-34-24/h3-4,7-8,13,18,21,25-26,32H,1-2,5-6,9-12,14-17,31H2,(H,35,38). The van der Waals surface area contributed by atoms with Crippen molar-refractivity contribution in [2.75, 3.05) is 26.2 Å². The predicted octanol–water partition coefficient (Wildman–Crippen LogP) is 2.84. The van der Waals surface area contributed by atoms with Gasteiger partial charge in [-0.05, 0) is 82.3 Å². The third-order valence-electron chi connectivity index (χ3n) is 8.28. The molecule has 2 aliphatic heterocycles. The Balaban J connectivity index is 1.32. The lowest BCUT2D eigenvalue weighted by Gasteiger charge is -2.55. The van der Waals surface area contributed by atoms with Crippen molar-refractivity contribution in [1.82, 2.24) is 30.8 Å². The summed E-state index contributed by atoms with van der Waals surface area (Å²) in [6.45, 7) is 3.24. The number of amides is 1. The normalized spacial score (nSPS) is 24.2. The molecule has 1 aromatic heterocycles. The van der Waals surface area contributed by atoms with Crippen molar-refractivity contribution in [3.63, 3.8) is 0 Å². The van der Waals surface area contributed by atoms with Crippen molar-refractivity contribution in [2.45, 2.75) is 75.2 Å². The topological polar surface area (TPSA) is 132 Å². The molecule has 3 aliphatic rings. The Bertz CT molecular complexity index is 1160. The first kappa shape index (κ1) is 27.7. The second kappa shape index (κ2) is 12.6. The summed E-state index contributed by atoms with van der Waals surface area (Å²) in [5.41, 5.74) is 10.6. The molecule has 5 rings (SSSR count). The average molecular weight is 553 g/mol. The number of halogens is 1. The van der Waals surface area contributed by atoms with Crippen LogP contribution in [0.3, 0.4) is 0 Å². The molecule has 2 aromatic rings. The largest absolute Gasteiger partial charge is 0.489 e. The van der Waals surface area contributed by atoms with Gasteiger partial charge >= 0.3 is 0 Å². The first-order valence-electron chi connectivity index (χ1n) is 13.9. The Morgan fingerprint density at radius 1 is 1.21 bits per heavy atom. The number of hydrogen-bond donors (Lipinski definition) is 3. The van der Waals surface area contributed by atoms with Gasteiger partial charge in [0.05, 0.1) is 16.2 Å². The summed E-state index contributed by atoms with van der Waals surface area (Å²) in [5, 5.41) is 22.8. The van der Waals surface area contributed by atoms with Gasteiger partial charge in [0.15, 0.2) is 5.69 Å². The van der Waals surface area contributed by atoms with Gasteiger partial charge in [0.2, 0.25) is 0 Å². The number of nitriles is 1. The fraction of sp³-hybridized carbons (Fsp3) is 0.571. The van der Waals surface area contributed by atoms with E-state index in [-0.39, 0.29) is 24.1 Å². The Morgan fingerprint density at radius 2 is 1.97 bits per heavy atom. The highest BCUT2D eigenvalue weighted by Crippen LogP contribution is 2.37. The molecule has 39 heavy (non-hydrogen) atoms. The van der Waals surface area contributed by atoms with Crippen LogP contribution in [-0.4, -0.2) is 76.0 Å². The highest BCUT2D eigenvalue weighted by Gasteiger charge is 2.46. The van der Waals surface area contributed by atoms with Gasteiger partial charge in [0.25, 0.3) is 5.91 Å². The van der Waals surface area contributed by atoms with Crippen molar-refractivity contribution < 1.29 is 9.53 Å². The number of hydrazine groups is 1. The lowest BCUT2D eigenvalue weighted by Crippen LogP contribution is -2.70. The minimum atomic E-state index is -0.424. The number of benzene rings is 1. The maximum atomic E-state index is 12.6. The van der Waals surface area contributed by atoms with E-state index in [9.17, 15) is 10.1 Å². The summed E-state index contributed by atoms with van der Waals surface area (Å²) in [4.78, 5) is 15.2. The van der Waals surface area contributed by atoms with Crippen LogP contribution in [0.4, 0.5) is 0 Å². The molecular formula is C28H37ClN8O2. The van der Waals surface area contributed by atoms with Gasteiger partial charge in [-0.3, -0.25) is 15.1 Å². The van der Waals surface area contributed by atoms with Gasteiger partial charge in [0, 0.05) is 37.4 Å². The fourth-order valence-corrected chi connectivity index (χ4v) is 6.54. The maximum Gasteiger partial charge on any atom is 0.286 e. The molecule has 1 saturated carbocycles. The molecule has 0 spiro atoms. The summed E-state index contributed by atoms with van der Waals surface area (Å²) < 4.78 is 6.59. The second-order valence-electron chi connectivity index (χ2n) is 10.8. The molecule has 4 N–H and O–H groups in total. The monoisotopic (exact) mass is 552 g/mol. The molecule has 0 bridgehead atoms. The van der Waals surface area contributed by atoms with Gasteiger partial charge in [0.1, 0.15) is 17.9 Å². The number of rotatable bonds is 7. The van der Waals surface area contributed by atoms with Crippen LogP contribution in [0.5, 0.6) is 5.75 Å². The summed E-state index contributed by atoms with van der Waals surface area (Å²) in [6, 6.07) is 11.2. The van der Waals surface area contributed by atoms with Crippen LogP contribution in [0, 0.1) is 11.3 Å². The minimum Gasteiger partial charge on any atom is -0.489 e. The van der Waals surface area contributed by atoms with E-state index < -0.39 is 5.66 Å². The number of nitrogens with zero attached hydrogens (tertiary/aromatic N) is 5. The Morgan fingerprint density at radius 3 is 2.67 bits per heavy atom. The van der Waals surface area contributed by atoms with Gasteiger partial charge in [-0.1, -0.05) is 18.0 Å². The van der Waals surface area contributed by atoms with E-state index >= 15 is 0 Å². The zero-order valence-electron chi connectivity index (χ0n) is 22.2. The molecule has 0 radical (unpaired) electrons. The van der Waals surface area contributed by atoms with E-state index in [2.05, 4.69) is 31.9 Å². The summed E-state index contributed by atoms with van der Waals surface area (Å²) in [5.74, 6) is 0.447. The van der Waals surface area contributed by atoms with Gasteiger partial charge in [-0.15, -0.1) is 5.10 Å². The zero-order valence-corrected chi connectivity index (χ0v) is 22.9. The molecule has 3 heterocycles. The highest BCUT2D eigenvalue weighted by atomic mass is 35.5. The molecular weight excluding hydrogens is 516 g/mol. The van der Waals surface area contributed by atoms with E-state index in [1.807, 2.05) is 11.1 Å². The fourth-order valence-electron chi connectivity index (χ4n) is 6.33. The molecule has 208 valence electrons. The molecule has 2 saturated heterocycles. The average Bonchev–Trinajstić information content (AvgIpc) is 2.96. The van der Waals surface area contributed by atoms with Crippen molar-refractivity contribution in [3.8, 4) is 11.8 Å². The molecule has 1 amide bonds. The smallest absolute Gasteiger partial charge is 0.286 e. The Hall–Kier alpha value is -2.81. The van der Waals surface area contributed by atoms with E-state index in [1.54, 1.807) is 30.5 Å². The molecule has 1 aliphatic carbocycles. The number of aromatic nitrogens is 2. The van der Waals surface area contributed by atoms with Crippen LogP contribution in [0.2, 0.25) is 5.02 Å². The number of nitrogens with one attached hydrogen (secondary N) is 2. The molecule has 2 unspecified atom stereocenters.